The van der Waals surface area contributed by atoms with Crippen molar-refractivity contribution >= 4 is 5.97 Å². The zero-order chi connectivity index (χ0) is 18.1. The van der Waals surface area contributed by atoms with Gasteiger partial charge in [0.15, 0.2) is 0 Å². The summed E-state index contributed by atoms with van der Waals surface area (Å²) in [6.07, 6.45) is 6.15. The molecule has 2 aliphatic carbocycles. The number of hydrogen-bond donors (Lipinski definition) is 0. The van der Waals surface area contributed by atoms with Crippen LogP contribution >= 0.6 is 0 Å². The van der Waals surface area contributed by atoms with Crippen LogP contribution < -0.4 is 0 Å². The topological polar surface area (TPSA) is 50.1 Å². The minimum Gasteiger partial charge on any atom is -0.458 e. The van der Waals surface area contributed by atoms with Crippen molar-refractivity contribution in [2.24, 2.45) is 22.7 Å². The number of carbonyl (C=O) groups is 1. The molecule has 0 amide bonds. The van der Waals surface area contributed by atoms with Crippen molar-refractivity contribution in [2.45, 2.75) is 65.4 Å². The Hall–Kier alpha value is -1.82. The Morgan fingerprint density at radius 1 is 1.32 bits per heavy atom. The third-order valence-corrected chi connectivity index (χ3v) is 7.09. The first-order valence-corrected chi connectivity index (χ1v) is 9.62. The van der Waals surface area contributed by atoms with Gasteiger partial charge in [0.2, 0.25) is 0 Å². The number of nitrogens with zero attached hydrogens (tertiary/aromatic N) is 1. The maximum Gasteiger partial charge on any atom is 0.338 e. The van der Waals surface area contributed by atoms with Crippen molar-refractivity contribution in [3.05, 3.63) is 35.9 Å². The Kier molecular flexibility index (Phi) is 4.91. The van der Waals surface area contributed by atoms with Crippen molar-refractivity contribution in [2.75, 3.05) is 0 Å². The van der Waals surface area contributed by atoms with Gasteiger partial charge in [-0.3, -0.25) is 0 Å². The van der Waals surface area contributed by atoms with Crippen molar-refractivity contribution in [1.82, 2.24) is 0 Å². The molecule has 0 heterocycles. The van der Waals surface area contributed by atoms with Crippen LogP contribution in [0.25, 0.3) is 0 Å². The smallest absolute Gasteiger partial charge is 0.338 e. The van der Waals surface area contributed by atoms with Crippen LogP contribution in [0.2, 0.25) is 0 Å². The molecule has 3 nitrogen and oxygen atoms in total. The van der Waals surface area contributed by atoms with E-state index < -0.39 is 0 Å². The third kappa shape index (κ3) is 3.08. The van der Waals surface area contributed by atoms with Gasteiger partial charge in [-0.2, -0.15) is 5.26 Å². The van der Waals surface area contributed by atoms with E-state index in [2.05, 4.69) is 26.8 Å². The van der Waals surface area contributed by atoms with Gasteiger partial charge in [0.05, 0.1) is 17.0 Å². The summed E-state index contributed by atoms with van der Waals surface area (Å²) in [5.74, 6) is 0.549. The van der Waals surface area contributed by atoms with Crippen LogP contribution in [0.3, 0.4) is 0 Å². The van der Waals surface area contributed by atoms with E-state index in [9.17, 15) is 10.1 Å². The molecule has 2 saturated carbocycles. The standard InChI is InChI=1S/C22H29NO2/c1-4-21(2,15-23)19-13-12-17-18(11-8-14-22(17,19)3)25-20(24)16-9-6-5-7-10-16/h5-7,9-10,17-19H,4,8,11-14H2,1-3H3/t17-,18-,19+,21+,22-/m0/s1. The SMILES string of the molecule is CC[C@](C)(C#N)[C@H]1CC[C@H]2[C@@H](OC(=O)c3ccccc3)CCC[C@@]21C. The molecule has 0 aliphatic heterocycles. The molecule has 25 heavy (non-hydrogen) atoms. The minimum atomic E-state index is -0.283. The molecule has 0 unspecified atom stereocenters. The number of esters is 1. The molecule has 2 aliphatic rings. The first-order chi connectivity index (χ1) is 11.9. The highest BCUT2D eigenvalue weighted by Crippen LogP contribution is 2.61. The Bertz CT molecular complexity index is 664. The molecule has 1 aromatic carbocycles. The quantitative estimate of drug-likeness (QED) is 0.693. The second kappa shape index (κ2) is 6.83. The fourth-order valence-corrected chi connectivity index (χ4v) is 5.49. The molecule has 0 bridgehead atoms. The zero-order valence-corrected chi connectivity index (χ0v) is 15.6. The van der Waals surface area contributed by atoms with Crippen LogP contribution in [0.15, 0.2) is 30.3 Å². The molecule has 5 atom stereocenters. The van der Waals surface area contributed by atoms with Gasteiger partial charge in [0.25, 0.3) is 0 Å². The Morgan fingerprint density at radius 3 is 2.68 bits per heavy atom. The predicted molar refractivity (Wildman–Crippen MR) is 97.8 cm³/mol. The predicted octanol–water partition coefficient (Wildman–Crippen LogP) is 5.37. The van der Waals surface area contributed by atoms with E-state index in [1.807, 2.05) is 30.3 Å². The van der Waals surface area contributed by atoms with E-state index in [1.165, 1.54) is 0 Å². The summed E-state index contributed by atoms with van der Waals surface area (Å²) < 4.78 is 5.96. The van der Waals surface area contributed by atoms with Crippen LogP contribution in [0, 0.1) is 34.0 Å². The average molecular weight is 339 g/mol. The second-order valence-corrected chi connectivity index (χ2v) is 8.33. The zero-order valence-electron chi connectivity index (χ0n) is 15.6. The highest BCUT2D eigenvalue weighted by atomic mass is 16.5. The monoisotopic (exact) mass is 339 g/mol. The average Bonchev–Trinajstić information content (AvgIpc) is 3.00. The summed E-state index contributed by atoms with van der Waals surface area (Å²) >= 11 is 0. The van der Waals surface area contributed by atoms with E-state index in [1.54, 1.807) is 0 Å². The number of fused-ring (bicyclic) bond motifs is 1. The first kappa shape index (κ1) is 18.0. The number of benzene rings is 1. The molecular weight excluding hydrogens is 310 g/mol. The lowest BCUT2D eigenvalue weighted by molar-refractivity contribution is -0.0532. The highest BCUT2D eigenvalue weighted by Gasteiger charge is 2.57. The number of rotatable bonds is 4. The van der Waals surface area contributed by atoms with Crippen molar-refractivity contribution in [1.29, 1.82) is 5.26 Å². The number of carbonyl (C=O) groups excluding carboxylic acids is 1. The van der Waals surface area contributed by atoms with E-state index in [4.69, 9.17) is 4.74 Å². The molecule has 0 spiro atoms. The van der Waals surface area contributed by atoms with Crippen LogP contribution in [-0.2, 0) is 4.74 Å². The highest BCUT2D eigenvalue weighted by molar-refractivity contribution is 5.89. The van der Waals surface area contributed by atoms with Gasteiger partial charge in [-0.05, 0) is 68.9 Å². The van der Waals surface area contributed by atoms with Crippen LogP contribution in [0.1, 0.15) is 69.7 Å². The fourth-order valence-electron chi connectivity index (χ4n) is 5.49. The Balaban J connectivity index is 1.79. The van der Waals surface area contributed by atoms with E-state index >= 15 is 0 Å². The molecule has 3 rings (SSSR count). The molecule has 0 aromatic heterocycles. The van der Waals surface area contributed by atoms with Gasteiger partial charge in [-0.25, -0.2) is 4.79 Å². The largest absolute Gasteiger partial charge is 0.458 e. The normalized spacial score (nSPS) is 33.8. The van der Waals surface area contributed by atoms with Gasteiger partial charge in [0, 0.05) is 5.92 Å². The molecule has 134 valence electrons. The number of nitriles is 1. The van der Waals surface area contributed by atoms with Gasteiger partial charge in [-0.1, -0.05) is 32.0 Å². The van der Waals surface area contributed by atoms with Crippen LogP contribution in [0.4, 0.5) is 0 Å². The molecule has 1 aromatic rings. The lowest BCUT2D eigenvalue weighted by Gasteiger charge is -2.48. The van der Waals surface area contributed by atoms with E-state index in [-0.39, 0.29) is 22.9 Å². The summed E-state index contributed by atoms with van der Waals surface area (Å²) in [7, 11) is 0. The Morgan fingerprint density at radius 2 is 2.04 bits per heavy atom. The fraction of sp³-hybridized carbons (Fsp3) is 0.636. The molecule has 0 radical (unpaired) electrons. The summed E-state index contributed by atoms with van der Waals surface area (Å²) in [6.45, 7) is 6.57. The summed E-state index contributed by atoms with van der Waals surface area (Å²) in [6, 6.07) is 11.9. The summed E-state index contributed by atoms with van der Waals surface area (Å²) in [5, 5.41) is 9.78. The first-order valence-electron chi connectivity index (χ1n) is 9.62. The summed E-state index contributed by atoms with van der Waals surface area (Å²) in [4.78, 5) is 12.5. The molecule has 2 fully saturated rings. The van der Waals surface area contributed by atoms with Gasteiger partial charge in [-0.15, -0.1) is 0 Å². The van der Waals surface area contributed by atoms with Gasteiger partial charge < -0.3 is 4.74 Å². The molecular formula is C22H29NO2. The maximum absolute atomic E-state index is 12.5. The lowest BCUT2D eigenvalue weighted by Crippen LogP contribution is -2.45. The van der Waals surface area contributed by atoms with Gasteiger partial charge in [0.1, 0.15) is 6.10 Å². The maximum atomic E-state index is 12.5. The van der Waals surface area contributed by atoms with Crippen LogP contribution in [-0.4, -0.2) is 12.1 Å². The Labute approximate surface area is 151 Å². The van der Waals surface area contributed by atoms with Crippen molar-refractivity contribution in [3.63, 3.8) is 0 Å². The number of ether oxygens (including phenoxy) is 1. The summed E-state index contributed by atoms with van der Waals surface area (Å²) in [5.41, 5.74) is 0.439. The molecule has 0 saturated heterocycles. The van der Waals surface area contributed by atoms with Crippen LogP contribution in [0.5, 0.6) is 0 Å². The number of hydrogen-bond acceptors (Lipinski definition) is 3. The lowest BCUT2D eigenvalue weighted by atomic mass is 9.57. The van der Waals surface area contributed by atoms with Crippen molar-refractivity contribution < 1.29 is 9.53 Å². The third-order valence-electron chi connectivity index (χ3n) is 7.09. The molecule has 0 N–H and O–H groups in total. The molecule has 3 heteroatoms. The van der Waals surface area contributed by atoms with E-state index in [0.29, 0.717) is 17.4 Å². The second-order valence-electron chi connectivity index (χ2n) is 8.33. The minimum absolute atomic E-state index is 0.0174. The van der Waals surface area contributed by atoms with Gasteiger partial charge >= 0.3 is 5.97 Å². The van der Waals surface area contributed by atoms with Crippen molar-refractivity contribution in [3.8, 4) is 6.07 Å². The van der Waals surface area contributed by atoms with E-state index in [0.717, 1.165) is 38.5 Å².